The maximum absolute atomic E-state index is 6.06. The van der Waals surface area contributed by atoms with Crippen molar-refractivity contribution >= 4 is 11.6 Å². The average molecular weight is 224 g/mol. The van der Waals surface area contributed by atoms with Crippen LogP contribution < -0.4 is 5.73 Å². The Kier molecular flexibility index (Phi) is 3.32. The molecule has 0 bridgehead atoms. The summed E-state index contributed by atoms with van der Waals surface area (Å²) in [5.74, 6) is 1.25. The van der Waals surface area contributed by atoms with E-state index in [9.17, 15) is 0 Å². The number of nitrogens with two attached hydrogens (primary N) is 1. The quantitative estimate of drug-likeness (QED) is 0.818. The van der Waals surface area contributed by atoms with Gasteiger partial charge < -0.3 is 5.73 Å². The molecule has 2 heteroatoms. The lowest BCUT2D eigenvalue weighted by molar-refractivity contribution is 0.372. The van der Waals surface area contributed by atoms with E-state index in [1.807, 2.05) is 6.07 Å². The van der Waals surface area contributed by atoms with Crippen LogP contribution in [0, 0.1) is 5.92 Å². The minimum Gasteiger partial charge on any atom is -0.330 e. The van der Waals surface area contributed by atoms with Gasteiger partial charge >= 0.3 is 0 Å². The number of rotatable bonds is 2. The molecule has 1 aromatic carbocycles. The summed E-state index contributed by atoms with van der Waals surface area (Å²) in [6.07, 6.45) is 3.55. The molecule has 1 aliphatic rings. The number of hydrogen-bond donors (Lipinski definition) is 1. The van der Waals surface area contributed by atoms with E-state index in [2.05, 4.69) is 19.1 Å². The van der Waals surface area contributed by atoms with Crippen LogP contribution in [0.4, 0.5) is 0 Å². The van der Waals surface area contributed by atoms with Gasteiger partial charge in [-0.05, 0) is 60.9 Å². The second-order valence-corrected chi connectivity index (χ2v) is 4.83. The van der Waals surface area contributed by atoms with Crippen LogP contribution in [0.25, 0.3) is 0 Å². The lowest BCUT2D eigenvalue weighted by Crippen LogP contribution is -2.26. The minimum atomic E-state index is 0.609. The van der Waals surface area contributed by atoms with Gasteiger partial charge in [0.15, 0.2) is 0 Å². The van der Waals surface area contributed by atoms with E-state index < -0.39 is 0 Å². The van der Waals surface area contributed by atoms with Gasteiger partial charge in [-0.25, -0.2) is 0 Å². The first-order valence-corrected chi connectivity index (χ1v) is 6.12. The fraction of sp³-hybridized carbons (Fsp3) is 0.538. The molecule has 0 saturated carbocycles. The number of hydrogen-bond acceptors (Lipinski definition) is 1. The Morgan fingerprint density at radius 2 is 2.27 bits per heavy atom. The zero-order valence-corrected chi connectivity index (χ0v) is 9.93. The van der Waals surface area contributed by atoms with E-state index in [0.29, 0.717) is 11.8 Å². The normalized spacial score (nSPS) is 25.0. The largest absolute Gasteiger partial charge is 0.330 e. The molecule has 1 aliphatic carbocycles. The van der Waals surface area contributed by atoms with Gasteiger partial charge in [0.2, 0.25) is 0 Å². The van der Waals surface area contributed by atoms with Gasteiger partial charge in [-0.3, -0.25) is 0 Å². The molecule has 1 aromatic rings. The van der Waals surface area contributed by atoms with Crippen molar-refractivity contribution < 1.29 is 0 Å². The maximum Gasteiger partial charge on any atom is 0.0409 e. The first-order valence-electron chi connectivity index (χ1n) is 5.74. The number of aryl methyl sites for hydroxylation is 1. The van der Waals surface area contributed by atoms with Crippen LogP contribution in [0.5, 0.6) is 0 Å². The topological polar surface area (TPSA) is 26.0 Å². The van der Waals surface area contributed by atoms with Crippen LogP contribution in [-0.4, -0.2) is 6.54 Å². The Morgan fingerprint density at radius 1 is 1.47 bits per heavy atom. The average Bonchev–Trinajstić information content (AvgIpc) is 2.27. The van der Waals surface area contributed by atoms with E-state index in [1.165, 1.54) is 17.5 Å². The molecule has 0 spiro atoms. The molecule has 0 heterocycles. The molecule has 0 saturated heterocycles. The van der Waals surface area contributed by atoms with E-state index in [0.717, 1.165) is 24.4 Å². The van der Waals surface area contributed by atoms with Crippen LogP contribution in [0.2, 0.25) is 5.02 Å². The van der Waals surface area contributed by atoms with Crippen LogP contribution in [0.1, 0.15) is 36.8 Å². The summed E-state index contributed by atoms with van der Waals surface area (Å²) in [7, 11) is 0. The summed E-state index contributed by atoms with van der Waals surface area (Å²) >= 11 is 6.06. The third kappa shape index (κ3) is 2.04. The highest BCUT2D eigenvalue weighted by molar-refractivity contribution is 6.30. The van der Waals surface area contributed by atoms with Crippen molar-refractivity contribution in [2.45, 2.75) is 32.1 Å². The molecule has 1 nitrogen and oxygen atoms in total. The van der Waals surface area contributed by atoms with Gasteiger partial charge in [-0.1, -0.05) is 24.6 Å². The fourth-order valence-electron chi connectivity index (χ4n) is 2.77. The van der Waals surface area contributed by atoms with Crippen molar-refractivity contribution in [1.29, 1.82) is 0 Å². The van der Waals surface area contributed by atoms with Gasteiger partial charge in [-0.15, -0.1) is 0 Å². The lowest BCUT2D eigenvalue weighted by atomic mass is 9.74. The van der Waals surface area contributed by atoms with Crippen LogP contribution >= 0.6 is 11.6 Å². The van der Waals surface area contributed by atoms with Crippen LogP contribution in [-0.2, 0) is 6.42 Å². The van der Waals surface area contributed by atoms with Gasteiger partial charge in [-0.2, -0.15) is 0 Å². The highest BCUT2D eigenvalue weighted by atomic mass is 35.5. The maximum atomic E-state index is 6.06. The molecule has 0 aromatic heterocycles. The molecule has 0 amide bonds. The number of halogens is 1. The Hall–Kier alpha value is -0.530. The van der Waals surface area contributed by atoms with Gasteiger partial charge in [0.25, 0.3) is 0 Å². The Bertz CT molecular complexity index is 348. The molecular formula is C13H18ClN. The van der Waals surface area contributed by atoms with Crippen LogP contribution in [0.3, 0.4) is 0 Å². The zero-order valence-electron chi connectivity index (χ0n) is 9.17. The van der Waals surface area contributed by atoms with E-state index >= 15 is 0 Å². The molecule has 0 radical (unpaired) electrons. The van der Waals surface area contributed by atoms with Crippen LogP contribution in [0.15, 0.2) is 18.2 Å². The first-order chi connectivity index (χ1) is 7.26. The van der Waals surface area contributed by atoms with Crippen molar-refractivity contribution in [3.8, 4) is 0 Å². The monoisotopic (exact) mass is 223 g/mol. The number of benzene rings is 1. The van der Waals surface area contributed by atoms with Crippen molar-refractivity contribution in [2.75, 3.05) is 6.54 Å². The molecular weight excluding hydrogens is 206 g/mol. The zero-order chi connectivity index (χ0) is 10.8. The summed E-state index contributed by atoms with van der Waals surface area (Å²) in [4.78, 5) is 0. The van der Waals surface area contributed by atoms with Gasteiger partial charge in [0.1, 0.15) is 0 Å². The standard InChI is InChI=1S/C13H18ClN/c1-2-12-10(8-15)4-3-9-5-6-11(14)7-13(9)12/h5-7,10,12H,2-4,8,15H2,1H3. The Morgan fingerprint density at radius 3 is 2.93 bits per heavy atom. The second-order valence-electron chi connectivity index (χ2n) is 4.39. The van der Waals surface area contributed by atoms with E-state index in [1.54, 1.807) is 0 Å². The molecule has 82 valence electrons. The molecule has 0 aliphatic heterocycles. The van der Waals surface area contributed by atoms with Crippen molar-refractivity contribution in [1.82, 2.24) is 0 Å². The molecule has 0 fully saturated rings. The first kappa shape index (κ1) is 11.0. The summed E-state index contributed by atoms with van der Waals surface area (Å²) in [5.41, 5.74) is 8.74. The molecule has 2 N–H and O–H groups in total. The number of fused-ring (bicyclic) bond motifs is 1. The summed E-state index contributed by atoms with van der Waals surface area (Å²) in [6, 6.07) is 6.30. The Balaban J connectivity index is 2.39. The van der Waals surface area contributed by atoms with Crippen molar-refractivity contribution in [3.05, 3.63) is 34.3 Å². The van der Waals surface area contributed by atoms with Gasteiger partial charge in [0, 0.05) is 5.02 Å². The summed E-state index contributed by atoms with van der Waals surface area (Å²) in [6.45, 7) is 3.04. The summed E-state index contributed by atoms with van der Waals surface area (Å²) < 4.78 is 0. The summed E-state index contributed by atoms with van der Waals surface area (Å²) in [5, 5.41) is 0.852. The van der Waals surface area contributed by atoms with Crippen molar-refractivity contribution in [3.63, 3.8) is 0 Å². The predicted molar refractivity (Wildman–Crippen MR) is 65.3 cm³/mol. The molecule has 2 atom stereocenters. The highest BCUT2D eigenvalue weighted by Crippen LogP contribution is 2.38. The second kappa shape index (κ2) is 4.54. The molecule has 15 heavy (non-hydrogen) atoms. The SMILES string of the molecule is CCC1c2cc(Cl)ccc2CCC1CN. The fourth-order valence-corrected chi connectivity index (χ4v) is 2.95. The minimum absolute atomic E-state index is 0.609. The van der Waals surface area contributed by atoms with E-state index in [4.69, 9.17) is 17.3 Å². The highest BCUT2D eigenvalue weighted by Gasteiger charge is 2.27. The Labute approximate surface area is 96.6 Å². The molecule has 2 unspecified atom stereocenters. The lowest BCUT2D eigenvalue weighted by Gasteiger charge is -2.32. The third-order valence-corrected chi connectivity index (χ3v) is 3.84. The third-order valence-electron chi connectivity index (χ3n) is 3.60. The van der Waals surface area contributed by atoms with E-state index in [-0.39, 0.29) is 0 Å². The molecule has 2 rings (SSSR count). The predicted octanol–water partition coefficient (Wildman–Crippen LogP) is 3.35. The van der Waals surface area contributed by atoms with Gasteiger partial charge in [0.05, 0.1) is 0 Å². The smallest absolute Gasteiger partial charge is 0.0409 e. The van der Waals surface area contributed by atoms with Crippen molar-refractivity contribution in [2.24, 2.45) is 11.7 Å².